The average Bonchev–Trinajstić information content (AvgIpc) is 2.36. The number of nitrogens with zero attached hydrogens (tertiary/aromatic N) is 2. The summed E-state index contributed by atoms with van der Waals surface area (Å²) in [5.41, 5.74) is 1.34. The quantitative estimate of drug-likeness (QED) is 0.757. The van der Waals surface area contributed by atoms with Gasteiger partial charge >= 0.3 is 0 Å². The lowest BCUT2D eigenvalue weighted by Gasteiger charge is -2.20. The normalized spacial score (nSPS) is 11.6. The number of carbonyl (C=O) groups is 1. The Kier molecular flexibility index (Phi) is 4.33. The predicted molar refractivity (Wildman–Crippen MR) is 64.5 cm³/mol. The van der Waals surface area contributed by atoms with Crippen molar-refractivity contribution in [2.24, 2.45) is 5.92 Å². The lowest BCUT2D eigenvalue weighted by Crippen LogP contribution is -2.32. The van der Waals surface area contributed by atoms with E-state index in [0.29, 0.717) is 11.4 Å². The fraction of sp³-hybridized carbons (Fsp3) is 0.333. The van der Waals surface area contributed by atoms with Crippen LogP contribution < -0.4 is 4.90 Å². The third-order valence-electron chi connectivity index (χ3n) is 2.37. The summed E-state index contributed by atoms with van der Waals surface area (Å²) in [5.74, 6) is 0.0708. The fourth-order valence-electron chi connectivity index (χ4n) is 1.28. The van der Waals surface area contributed by atoms with Gasteiger partial charge in [0.2, 0.25) is 5.91 Å². The molecular weight excluding hydrogens is 224 g/mol. The lowest BCUT2D eigenvalue weighted by molar-refractivity contribution is -0.121. The molecule has 1 aromatic carbocycles. The second-order valence-corrected chi connectivity index (χ2v) is 3.92. The summed E-state index contributed by atoms with van der Waals surface area (Å²) in [6.07, 6.45) is 0. The van der Waals surface area contributed by atoms with Crippen LogP contribution in [0.1, 0.15) is 12.5 Å². The summed E-state index contributed by atoms with van der Waals surface area (Å²) in [6, 6.07) is 8.90. The van der Waals surface area contributed by atoms with Gasteiger partial charge in [0.1, 0.15) is 0 Å². The first kappa shape index (κ1) is 12.5. The van der Waals surface area contributed by atoms with Gasteiger partial charge in [-0.2, -0.15) is 5.26 Å². The number of alkyl halides is 1. The standard InChI is InChI=1S/C12H13ClN2O/c1-9(7-13)12(16)15(2)11-5-3-10(8-14)4-6-11/h3-6,9H,7H2,1-2H3. The van der Waals surface area contributed by atoms with Gasteiger partial charge in [0, 0.05) is 24.5 Å². The molecule has 0 aliphatic rings. The molecule has 0 bridgehead atoms. The molecule has 1 rings (SSSR count). The van der Waals surface area contributed by atoms with Gasteiger partial charge in [0.05, 0.1) is 11.6 Å². The molecule has 0 aliphatic heterocycles. The Bertz CT molecular complexity index is 408. The summed E-state index contributed by atoms with van der Waals surface area (Å²) < 4.78 is 0. The predicted octanol–water partition coefficient (Wildman–Crippen LogP) is 2.40. The first-order valence-electron chi connectivity index (χ1n) is 4.94. The van der Waals surface area contributed by atoms with Crippen LogP contribution in [0.2, 0.25) is 0 Å². The number of nitriles is 1. The second kappa shape index (κ2) is 5.53. The van der Waals surface area contributed by atoms with Gasteiger partial charge in [0.25, 0.3) is 0 Å². The van der Waals surface area contributed by atoms with Crippen LogP contribution in [0.4, 0.5) is 5.69 Å². The highest BCUT2D eigenvalue weighted by atomic mass is 35.5. The highest BCUT2D eigenvalue weighted by Crippen LogP contribution is 2.16. The minimum absolute atomic E-state index is 0.0280. The minimum Gasteiger partial charge on any atom is -0.315 e. The summed E-state index contributed by atoms with van der Waals surface area (Å²) in [4.78, 5) is 13.4. The van der Waals surface area contributed by atoms with Crippen molar-refractivity contribution < 1.29 is 4.79 Å². The topological polar surface area (TPSA) is 44.1 Å². The van der Waals surface area contributed by atoms with Crippen molar-refractivity contribution in [2.45, 2.75) is 6.92 Å². The van der Waals surface area contributed by atoms with Crippen molar-refractivity contribution >= 4 is 23.2 Å². The molecule has 4 heteroatoms. The number of amides is 1. The number of benzene rings is 1. The van der Waals surface area contributed by atoms with Crippen LogP contribution >= 0.6 is 11.6 Å². The molecule has 0 aromatic heterocycles. The van der Waals surface area contributed by atoms with Crippen molar-refractivity contribution in [3.05, 3.63) is 29.8 Å². The van der Waals surface area contributed by atoms with Crippen molar-refractivity contribution in [1.82, 2.24) is 0 Å². The number of anilines is 1. The van der Waals surface area contributed by atoms with E-state index in [2.05, 4.69) is 0 Å². The molecule has 1 aromatic rings. The SMILES string of the molecule is CC(CCl)C(=O)N(C)c1ccc(C#N)cc1. The molecule has 0 N–H and O–H groups in total. The smallest absolute Gasteiger partial charge is 0.230 e. The molecule has 0 radical (unpaired) electrons. The Hall–Kier alpha value is -1.53. The highest BCUT2D eigenvalue weighted by Gasteiger charge is 2.17. The lowest BCUT2D eigenvalue weighted by atomic mass is 10.1. The van der Waals surface area contributed by atoms with Gasteiger partial charge in [-0.15, -0.1) is 11.6 Å². The average molecular weight is 237 g/mol. The van der Waals surface area contributed by atoms with E-state index in [0.717, 1.165) is 5.69 Å². The van der Waals surface area contributed by atoms with Gasteiger partial charge in [-0.25, -0.2) is 0 Å². The maximum atomic E-state index is 11.8. The number of hydrogen-bond donors (Lipinski definition) is 0. The Morgan fingerprint density at radius 1 is 1.50 bits per heavy atom. The Morgan fingerprint density at radius 3 is 2.50 bits per heavy atom. The first-order valence-corrected chi connectivity index (χ1v) is 5.47. The molecule has 16 heavy (non-hydrogen) atoms. The Balaban J connectivity index is 2.84. The van der Waals surface area contributed by atoms with E-state index in [1.165, 1.54) is 0 Å². The molecule has 1 amide bonds. The molecule has 3 nitrogen and oxygen atoms in total. The van der Waals surface area contributed by atoms with Gasteiger partial charge in [-0.3, -0.25) is 4.79 Å². The van der Waals surface area contributed by atoms with E-state index in [-0.39, 0.29) is 11.8 Å². The van der Waals surface area contributed by atoms with Crippen LogP contribution in [0.3, 0.4) is 0 Å². The zero-order valence-electron chi connectivity index (χ0n) is 9.27. The summed E-state index contributed by atoms with van der Waals surface area (Å²) in [7, 11) is 1.70. The summed E-state index contributed by atoms with van der Waals surface area (Å²) in [6.45, 7) is 1.79. The van der Waals surface area contributed by atoms with Crippen LogP contribution in [0.25, 0.3) is 0 Å². The molecule has 0 saturated carbocycles. The molecule has 0 aliphatic carbocycles. The summed E-state index contributed by atoms with van der Waals surface area (Å²) >= 11 is 5.64. The van der Waals surface area contributed by atoms with E-state index in [1.54, 1.807) is 43.1 Å². The summed E-state index contributed by atoms with van der Waals surface area (Å²) in [5, 5.41) is 8.65. The number of halogens is 1. The van der Waals surface area contributed by atoms with E-state index >= 15 is 0 Å². The third kappa shape index (κ3) is 2.74. The Morgan fingerprint density at radius 2 is 2.06 bits per heavy atom. The zero-order chi connectivity index (χ0) is 12.1. The number of carbonyl (C=O) groups excluding carboxylic acids is 1. The van der Waals surface area contributed by atoms with E-state index in [9.17, 15) is 4.79 Å². The van der Waals surface area contributed by atoms with Crippen LogP contribution in [-0.2, 0) is 4.79 Å². The molecule has 1 unspecified atom stereocenters. The van der Waals surface area contributed by atoms with Gasteiger partial charge in [-0.1, -0.05) is 6.92 Å². The second-order valence-electron chi connectivity index (χ2n) is 3.61. The molecule has 0 heterocycles. The maximum absolute atomic E-state index is 11.8. The van der Waals surface area contributed by atoms with Crippen molar-refractivity contribution in [3.8, 4) is 6.07 Å². The molecular formula is C12H13ClN2O. The minimum atomic E-state index is -0.206. The van der Waals surface area contributed by atoms with Gasteiger partial charge < -0.3 is 4.90 Å². The van der Waals surface area contributed by atoms with Gasteiger partial charge in [-0.05, 0) is 24.3 Å². The van der Waals surface area contributed by atoms with Gasteiger partial charge in [0.15, 0.2) is 0 Å². The van der Waals surface area contributed by atoms with E-state index < -0.39 is 0 Å². The number of rotatable bonds is 3. The first-order chi connectivity index (χ1) is 7.60. The number of hydrogen-bond acceptors (Lipinski definition) is 2. The molecule has 1 atom stereocenters. The van der Waals surface area contributed by atoms with Crippen LogP contribution in [0.5, 0.6) is 0 Å². The van der Waals surface area contributed by atoms with Crippen LogP contribution in [-0.4, -0.2) is 18.8 Å². The fourth-order valence-corrected chi connectivity index (χ4v) is 1.42. The molecule has 0 saturated heterocycles. The van der Waals surface area contributed by atoms with E-state index in [1.807, 2.05) is 6.07 Å². The van der Waals surface area contributed by atoms with Crippen molar-refractivity contribution in [3.63, 3.8) is 0 Å². The van der Waals surface area contributed by atoms with Crippen molar-refractivity contribution in [1.29, 1.82) is 5.26 Å². The van der Waals surface area contributed by atoms with Crippen molar-refractivity contribution in [2.75, 3.05) is 17.8 Å². The van der Waals surface area contributed by atoms with Crippen LogP contribution in [0.15, 0.2) is 24.3 Å². The Labute approximate surface area is 100 Å². The highest BCUT2D eigenvalue weighted by molar-refractivity contribution is 6.19. The largest absolute Gasteiger partial charge is 0.315 e. The molecule has 0 spiro atoms. The van der Waals surface area contributed by atoms with Crippen LogP contribution in [0, 0.1) is 17.2 Å². The van der Waals surface area contributed by atoms with E-state index in [4.69, 9.17) is 16.9 Å². The molecule has 84 valence electrons. The maximum Gasteiger partial charge on any atom is 0.230 e. The zero-order valence-corrected chi connectivity index (χ0v) is 10.0. The molecule has 0 fully saturated rings. The monoisotopic (exact) mass is 236 g/mol. The third-order valence-corrected chi connectivity index (χ3v) is 2.83.